The molecule has 32 heavy (non-hydrogen) atoms. The summed E-state index contributed by atoms with van der Waals surface area (Å²) in [5, 5.41) is 6.00. The number of carbonyl (C=O) groups excluding carboxylic acids is 3. The lowest BCUT2D eigenvalue weighted by atomic mass is 9.99. The van der Waals surface area contributed by atoms with Crippen molar-refractivity contribution < 1.29 is 14.4 Å². The van der Waals surface area contributed by atoms with Gasteiger partial charge in [0.15, 0.2) is 5.13 Å². The number of anilines is 1. The Balaban J connectivity index is 1.36. The van der Waals surface area contributed by atoms with Gasteiger partial charge in [-0.2, -0.15) is 0 Å². The smallest absolute Gasteiger partial charge is 0.258 e. The number of benzene rings is 1. The first-order valence-corrected chi connectivity index (χ1v) is 11.6. The van der Waals surface area contributed by atoms with Gasteiger partial charge in [-0.25, -0.2) is 4.98 Å². The number of aromatic nitrogens is 2. The third-order valence-electron chi connectivity index (χ3n) is 6.09. The van der Waals surface area contributed by atoms with E-state index >= 15 is 0 Å². The van der Waals surface area contributed by atoms with Gasteiger partial charge in [-0.1, -0.05) is 18.2 Å². The van der Waals surface area contributed by atoms with Crippen molar-refractivity contribution >= 4 is 45.1 Å². The molecule has 0 aliphatic carbocycles. The summed E-state index contributed by atoms with van der Waals surface area (Å²) in [4.78, 5) is 50.0. The van der Waals surface area contributed by atoms with E-state index in [-0.39, 0.29) is 30.2 Å². The summed E-state index contributed by atoms with van der Waals surface area (Å²) in [5.74, 6) is -0.144. The molecule has 1 atom stereocenters. The van der Waals surface area contributed by atoms with E-state index in [1.807, 2.05) is 40.6 Å². The molecular weight excluding hydrogens is 426 g/mol. The fourth-order valence-electron chi connectivity index (χ4n) is 4.41. The topological polar surface area (TPSA) is 95.5 Å². The largest absolute Gasteiger partial charge is 0.340 e. The number of amides is 3. The predicted molar refractivity (Wildman–Crippen MR) is 122 cm³/mol. The van der Waals surface area contributed by atoms with Crippen LogP contribution in [0.3, 0.4) is 0 Å². The third kappa shape index (κ3) is 4.08. The second-order valence-electron chi connectivity index (χ2n) is 8.15. The molecule has 0 bridgehead atoms. The number of thiazole rings is 1. The number of likely N-dealkylation sites (tertiary alicyclic amines) is 2. The number of hydrogen-bond donors (Lipinski definition) is 1. The van der Waals surface area contributed by atoms with Gasteiger partial charge in [0.2, 0.25) is 11.8 Å². The molecule has 3 aromatic rings. The average Bonchev–Trinajstić information content (AvgIpc) is 3.56. The molecule has 1 N–H and O–H groups in total. The van der Waals surface area contributed by atoms with E-state index in [9.17, 15) is 14.4 Å². The zero-order valence-electron chi connectivity index (χ0n) is 17.5. The Morgan fingerprint density at radius 1 is 1.22 bits per heavy atom. The molecule has 8 nitrogen and oxygen atoms in total. The van der Waals surface area contributed by atoms with Crippen LogP contribution in [0.5, 0.6) is 0 Å². The third-order valence-corrected chi connectivity index (χ3v) is 6.78. The van der Waals surface area contributed by atoms with Gasteiger partial charge >= 0.3 is 0 Å². The van der Waals surface area contributed by atoms with Crippen molar-refractivity contribution in [3.8, 4) is 0 Å². The molecule has 5 rings (SSSR count). The van der Waals surface area contributed by atoms with Crippen LogP contribution >= 0.6 is 11.3 Å². The van der Waals surface area contributed by atoms with Gasteiger partial charge in [0.05, 0.1) is 17.6 Å². The highest BCUT2D eigenvalue weighted by Gasteiger charge is 2.31. The molecule has 0 spiro atoms. The van der Waals surface area contributed by atoms with Gasteiger partial charge in [0, 0.05) is 54.6 Å². The van der Waals surface area contributed by atoms with Crippen LogP contribution in [0.2, 0.25) is 0 Å². The zero-order chi connectivity index (χ0) is 22.1. The SMILES string of the molecule is O=C(Nc1nccs1)c1cc([C@@H]2CCN(C(=O)CN3CCCC3=O)C2)nc2ccccc12. The number of para-hydroxylation sites is 1. The fraction of sp³-hybridized carbons (Fsp3) is 0.348. The van der Waals surface area contributed by atoms with E-state index in [0.29, 0.717) is 36.8 Å². The van der Waals surface area contributed by atoms with E-state index in [1.54, 1.807) is 11.1 Å². The molecule has 9 heteroatoms. The van der Waals surface area contributed by atoms with Crippen molar-refractivity contribution in [2.45, 2.75) is 25.2 Å². The quantitative estimate of drug-likeness (QED) is 0.646. The van der Waals surface area contributed by atoms with Gasteiger partial charge in [-0.15, -0.1) is 11.3 Å². The monoisotopic (exact) mass is 449 g/mol. The van der Waals surface area contributed by atoms with E-state index in [1.165, 1.54) is 11.3 Å². The Bertz CT molecular complexity index is 1180. The lowest BCUT2D eigenvalue weighted by Crippen LogP contribution is -2.39. The number of nitrogens with zero attached hydrogens (tertiary/aromatic N) is 4. The Labute approximate surface area is 189 Å². The molecule has 2 aliphatic rings. The van der Waals surface area contributed by atoms with Crippen molar-refractivity contribution in [2.75, 3.05) is 31.5 Å². The van der Waals surface area contributed by atoms with Crippen LogP contribution in [0.25, 0.3) is 10.9 Å². The maximum absolute atomic E-state index is 13.0. The van der Waals surface area contributed by atoms with Crippen LogP contribution in [-0.2, 0) is 9.59 Å². The maximum atomic E-state index is 13.0. The maximum Gasteiger partial charge on any atom is 0.258 e. The van der Waals surface area contributed by atoms with Gasteiger partial charge < -0.3 is 9.80 Å². The molecule has 164 valence electrons. The average molecular weight is 450 g/mol. The molecule has 3 amide bonds. The summed E-state index contributed by atoms with van der Waals surface area (Å²) in [6.45, 7) is 1.98. The van der Waals surface area contributed by atoms with Crippen molar-refractivity contribution in [3.05, 3.63) is 53.2 Å². The van der Waals surface area contributed by atoms with E-state index in [0.717, 1.165) is 29.4 Å². The number of hydrogen-bond acceptors (Lipinski definition) is 6. The summed E-state index contributed by atoms with van der Waals surface area (Å²) in [6.07, 6.45) is 3.78. The van der Waals surface area contributed by atoms with E-state index < -0.39 is 0 Å². The molecule has 2 aliphatic heterocycles. The fourth-order valence-corrected chi connectivity index (χ4v) is 4.93. The molecule has 4 heterocycles. The first-order chi connectivity index (χ1) is 15.6. The first kappa shape index (κ1) is 20.6. The predicted octanol–water partition coefficient (Wildman–Crippen LogP) is 2.88. The molecule has 0 unspecified atom stereocenters. The summed E-state index contributed by atoms with van der Waals surface area (Å²) in [6, 6.07) is 9.42. The lowest BCUT2D eigenvalue weighted by molar-refractivity contribution is -0.137. The minimum atomic E-state index is -0.224. The van der Waals surface area contributed by atoms with Crippen molar-refractivity contribution in [1.29, 1.82) is 0 Å². The molecular formula is C23H23N5O3S. The zero-order valence-corrected chi connectivity index (χ0v) is 18.3. The Morgan fingerprint density at radius 3 is 2.88 bits per heavy atom. The number of nitrogens with one attached hydrogen (secondary N) is 1. The molecule has 2 saturated heterocycles. The first-order valence-electron chi connectivity index (χ1n) is 10.7. The van der Waals surface area contributed by atoms with Crippen LogP contribution in [-0.4, -0.2) is 63.7 Å². The summed E-state index contributed by atoms with van der Waals surface area (Å²) in [5.41, 5.74) is 2.11. The normalized spacial score (nSPS) is 18.5. The standard InChI is InChI=1S/C23H23N5O3S/c29-20-6-3-9-27(20)14-21(30)28-10-7-15(13-28)19-12-17(16-4-1-2-5-18(16)25-19)22(31)26-23-24-8-11-32-23/h1-2,4-5,8,11-12,15H,3,6-7,9-10,13-14H2,(H,24,26,31)/t15-/m1/s1. The molecule has 2 fully saturated rings. The molecule has 2 aromatic heterocycles. The highest BCUT2D eigenvalue weighted by Crippen LogP contribution is 2.30. The highest BCUT2D eigenvalue weighted by atomic mass is 32.1. The number of rotatable bonds is 5. The second-order valence-corrected chi connectivity index (χ2v) is 9.04. The molecule has 0 radical (unpaired) electrons. The van der Waals surface area contributed by atoms with Gasteiger partial charge in [-0.05, 0) is 25.0 Å². The molecule has 0 saturated carbocycles. The van der Waals surface area contributed by atoms with Crippen molar-refractivity contribution in [1.82, 2.24) is 19.8 Å². The number of pyridine rings is 1. The van der Waals surface area contributed by atoms with Crippen LogP contribution < -0.4 is 5.32 Å². The van der Waals surface area contributed by atoms with Crippen molar-refractivity contribution in [3.63, 3.8) is 0 Å². The van der Waals surface area contributed by atoms with E-state index in [4.69, 9.17) is 4.98 Å². The summed E-state index contributed by atoms with van der Waals surface area (Å²) >= 11 is 1.37. The van der Waals surface area contributed by atoms with Crippen LogP contribution in [0.15, 0.2) is 41.9 Å². The minimum Gasteiger partial charge on any atom is -0.340 e. The highest BCUT2D eigenvalue weighted by molar-refractivity contribution is 7.13. The van der Waals surface area contributed by atoms with Crippen molar-refractivity contribution in [2.24, 2.45) is 0 Å². The Hall–Kier alpha value is -3.33. The van der Waals surface area contributed by atoms with Gasteiger partial charge in [-0.3, -0.25) is 24.7 Å². The van der Waals surface area contributed by atoms with E-state index in [2.05, 4.69) is 10.3 Å². The summed E-state index contributed by atoms with van der Waals surface area (Å²) < 4.78 is 0. The number of fused-ring (bicyclic) bond motifs is 1. The van der Waals surface area contributed by atoms with Crippen LogP contribution in [0.1, 0.15) is 41.2 Å². The Kier molecular flexibility index (Phi) is 5.57. The van der Waals surface area contributed by atoms with Gasteiger partial charge in [0.25, 0.3) is 5.91 Å². The number of carbonyl (C=O) groups is 3. The summed E-state index contributed by atoms with van der Waals surface area (Å²) in [7, 11) is 0. The van der Waals surface area contributed by atoms with Gasteiger partial charge in [0.1, 0.15) is 0 Å². The van der Waals surface area contributed by atoms with Crippen LogP contribution in [0, 0.1) is 0 Å². The van der Waals surface area contributed by atoms with Crippen LogP contribution in [0.4, 0.5) is 5.13 Å². The minimum absolute atomic E-state index is 0.0229. The lowest BCUT2D eigenvalue weighted by Gasteiger charge is -2.21. The molecule has 1 aromatic carbocycles. The Morgan fingerprint density at radius 2 is 2.09 bits per heavy atom. The second kappa shape index (κ2) is 8.66.